The molecule has 0 aliphatic carbocycles. The lowest BCUT2D eigenvalue weighted by molar-refractivity contribution is -0.137. The Morgan fingerprint density at radius 3 is 2.30 bits per heavy atom. The van der Waals surface area contributed by atoms with Crippen molar-refractivity contribution in [3.8, 4) is 5.75 Å². The summed E-state index contributed by atoms with van der Waals surface area (Å²) < 4.78 is 82.9. The Labute approximate surface area is 153 Å². The minimum Gasteiger partial charge on any atom is -0.491 e. The van der Waals surface area contributed by atoms with Gasteiger partial charge in [0.1, 0.15) is 0 Å². The minimum atomic E-state index is -4.51. The van der Waals surface area contributed by atoms with Crippen molar-refractivity contribution in [2.24, 2.45) is 0 Å². The lowest BCUT2D eigenvalue weighted by Crippen LogP contribution is -2.28. The average molecular weight is 407 g/mol. The number of alkyl halides is 3. The highest BCUT2D eigenvalue weighted by molar-refractivity contribution is 7.89. The van der Waals surface area contributed by atoms with Crippen molar-refractivity contribution in [2.75, 3.05) is 13.2 Å². The molecule has 0 unspecified atom stereocenters. The molecule has 0 heterocycles. The number of sulfonamides is 1. The Morgan fingerprint density at radius 1 is 1.15 bits per heavy atom. The third-order valence-electron chi connectivity index (χ3n) is 3.60. The van der Waals surface area contributed by atoms with Crippen LogP contribution in [0, 0.1) is 5.82 Å². The number of hydrogen-bond acceptors (Lipinski definition) is 4. The van der Waals surface area contributed by atoms with Crippen LogP contribution in [-0.2, 0) is 16.2 Å². The van der Waals surface area contributed by atoms with Crippen molar-refractivity contribution in [2.45, 2.75) is 24.1 Å². The van der Waals surface area contributed by atoms with Gasteiger partial charge in [-0.05, 0) is 42.8 Å². The molecule has 2 aromatic rings. The van der Waals surface area contributed by atoms with Crippen LogP contribution >= 0.6 is 0 Å². The van der Waals surface area contributed by atoms with Crippen LogP contribution in [0.15, 0.2) is 47.4 Å². The summed E-state index contributed by atoms with van der Waals surface area (Å²) >= 11 is 0. The van der Waals surface area contributed by atoms with Gasteiger partial charge in [0.05, 0.1) is 23.2 Å². The molecule has 0 aliphatic rings. The molecule has 0 spiro atoms. The van der Waals surface area contributed by atoms with Gasteiger partial charge < -0.3 is 9.84 Å². The molecule has 2 aromatic carbocycles. The summed E-state index contributed by atoms with van der Waals surface area (Å²) in [5, 5.41) is 9.99. The number of ether oxygens (including phenoxy) is 1. The van der Waals surface area contributed by atoms with Crippen LogP contribution in [0.5, 0.6) is 5.75 Å². The first-order valence-electron chi connectivity index (χ1n) is 7.82. The molecular weight excluding hydrogens is 390 g/mol. The summed E-state index contributed by atoms with van der Waals surface area (Å²) in [5.41, 5.74) is -0.785. The molecule has 0 fully saturated rings. The zero-order chi connectivity index (χ0) is 20.2. The van der Waals surface area contributed by atoms with Gasteiger partial charge >= 0.3 is 6.18 Å². The molecule has 0 aromatic heterocycles. The van der Waals surface area contributed by atoms with Crippen molar-refractivity contribution < 1.29 is 35.8 Å². The SMILES string of the molecule is CCOc1ccc(S(=O)(=O)NC[C@@H](O)c2ccc(C(F)(F)F)cc2)cc1F. The van der Waals surface area contributed by atoms with E-state index >= 15 is 0 Å². The molecule has 0 radical (unpaired) electrons. The van der Waals surface area contributed by atoms with Crippen molar-refractivity contribution in [1.29, 1.82) is 0 Å². The first-order valence-corrected chi connectivity index (χ1v) is 9.30. The lowest BCUT2D eigenvalue weighted by atomic mass is 10.1. The first kappa shape index (κ1) is 21.1. The molecule has 0 bridgehead atoms. The number of benzene rings is 2. The van der Waals surface area contributed by atoms with Gasteiger partial charge in [-0.2, -0.15) is 13.2 Å². The molecule has 1 atom stereocenters. The second-order valence-corrected chi connectivity index (χ2v) is 7.28. The summed E-state index contributed by atoms with van der Waals surface area (Å²) in [6.45, 7) is 1.36. The molecule has 2 rings (SSSR count). The predicted octanol–water partition coefficient (Wildman–Crippen LogP) is 3.26. The zero-order valence-electron chi connectivity index (χ0n) is 14.1. The molecule has 5 nitrogen and oxygen atoms in total. The quantitative estimate of drug-likeness (QED) is 0.691. The van der Waals surface area contributed by atoms with E-state index in [4.69, 9.17) is 4.74 Å². The van der Waals surface area contributed by atoms with Gasteiger partial charge in [0.25, 0.3) is 0 Å². The monoisotopic (exact) mass is 407 g/mol. The maximum absolute atomic E-state index is 13.8. The fraction of sp³-hybridized carbons (Fsp3) is 0.294. The normalized spacial score (nSPS) is 13.4. The second-order valence-electron chi connectivity index (χ2n) is 5.51. The van der Waals surface area contributed by atoms with Crippen LogP contribution < -0.4 is 9.46 Å². The first-order chi connectivity index (χ1) is 12.5. The van der Waals surface area contributed by atoms with Crippen LogP contribution in [0.4, 0.5) is 17.6 Å². The van der Waals surface area contributed by atoms with Crippen LogP contribution in [0.25, 0.3) is 0 Å². The van der Waals surface area contributed by atoms with Gasteiger partial charge in [-0.15, -0.1) is 0 Å². The maximum atomic E-state index is 13.8. The van der Waals surface area contributed by atoms with Crippen molar-refractivity contribution in [3.05, 3.63) is 59.4 Å². The van der Waals surface area contributed by atoms with Gasteiger partial charge in [0.2, 0.25) is 10.0 Å². The van der Waals surface area contributed by atoms with E-state index in [2.05, 4.69) is 4.72 Å². The van der Waals surface area contributed by atoms with Gasteiger partial charge in [-0.25, -0.2) is 17.5 Å². The number of aliphatic hydroxyl groups excluding tert-OH is 1. The highest BCUT2D eigenvalue weighted by Crippen LogP contribution is 2.30. The summed E-state index contributed by atoms with van der Waals surface area (Å²) in [5.74, 6) is -0.954. The van der Waals surface area contributed by atoms with E-state index in [9.17, 15) is 31.1 Å². The van der Waals surface area contributed by atoms with Crippen molar-refractivity contribution in [3.63, 3.8) is 0 Å². The number of nitrogens with one attached hydrogen (secondary N) is 1. The Hall–Kier alpha value is -2.17. The van der Waals surface area contributed by atoms with E-state index in [0.717, 1.165) is 36.4 Å². The third-order valence-corrected chi connectivity index (χ3v) is 5.02. The number of aliphatic hydroxyl groups is 1. The van der Waals surface area contributed by atoms with Crippen LogP contribution in [0.2, 0.25) is 0 Å². The Balaban J connectivity index is 2.07. The predicted molar refractivity (Wildman–Crippen MR) is 89.2 cm³/mol. The minimum absolute atomic E-state index is 0.0961. The maximum Gasteiger partial charge on any atom is 0.416 e. The fourth-order valence-electron chi connectivity index (χ4n) is 2.21. The van der Waals surface area contributed by atoms with Gasteiger partial charge in [0.15, 0.2) is 11.6 Å². The molecule has 0 saturated carbocycles. The van der Waals surface area contributed by atoms with E-state index < -0.39 is 40.2 Å². The van der Waals surface area contributed by atoms with Gasteiger partial charge in [-0.1, -0.05) is 12.1 Å². The number of rotatable bonds is 7. The van der Waals surface area contributed by atoms with E-state index in [0.29, 0.717) is 0 Å². The summed E-state index contributed by atoms with van der Waals surface area (Å²) in [6, 6.07) is 6.76. The van der Waals surface area contributed by atoms with Crippen LogP contribution in [-0.4, -0.2) is 26.7 Å². The van der Waals surface area contributed by atoms with E-state index in [1.807, 2.05) is 0 Å². The highest BCUT2D eigenvalue weighted by atomic mass is 32.2. The van der Waals surface area contributed by atoms with Gasteiger partial charge in [0, 0.05) is 6.54 Å². The standard InChI is InChI=1S/C17H17F4NO4S/c1-2-26-16-8-7-13(9-14(16)18)27(24,25)22-10-15(23)11-3-5-12(6-4-11)17(19,20)21/h3-9,15,22-23H,2,10H2,1H3/t15-/m1/s1. The Kier molecular flexibility index (Phi) is 6.45. The lowest BCUT2D eigenvalue weighted by Gasteiger charge is -2.14. The van der Waals surface area contributed by atoms with E-state index in [1.54, 1.807) is 6.92 Å². The fourth-order valence-corrected chi connectivity index (χ4v) is 3.26. The van der Waals surface area contributed by atoms with E-state index in [-0.39, 0.29) is 22.8 Å². The number of hydrogen-bond donors (Lipinski definition) is 2. The largest absolute Gasteiger partial charge is 0.491 e. The smallest absolute Gasteiger partial charge is 0.416 e. The molecule has 148 valence electrons. The highest BCUT2D eigenvalue weighted by Gasteiger charge is 2.30. The summed E-state index contributed by atoms with van der Waals surface area (Å²) in [6.07, 6.45) is -5.89. The third kappa shape index (κ3) is 5.41. The van der Waals surface area contributed by atoms with Crippen LogP contribution in [0.3, 0.4) is 0 Å². The second kappa shape index (κ2) is 8.24. The molecule has 0 aliphatic heterocycles. The van der Waals surface area contributed by atoms with Crippen molar-refractivity contribution in [1.82, 2.24) is 4.72 Å². The average Bonchev–Trinajstić information content (AvgIpc) is 2.61. The van der Waals surface area contributed by atoms with E-state index in [1.165, 1.54) is 6.07 Å². The van der Waals surface area contributed by atoms with Gasteiger partial charge in [-0.3, -0.25) is 0 Å². The summed E-state index contributed by atoms with van der Waals surface area (Å²) in [4.78, 5) is -0.372. The molecule has 10 heteroatoms. The topological polar surface area (TPSA) is 75.6 Å². The molecule has 27 heavy (non-hydrogen) atoms. The number of halogens is 4. The summed E-state index contributed by atoms with van der Waals surface area (Å²) in [7, 11) is -4.13. The van der Waals surface area contributed by atoms with Crippen molar-refractivity contribution >= 4 is 10.0 Å². The molecule has 0 amide bonds. The molecule has 0 saturated heterocycles. The zero-order valence-corrected chi connectivity index (χ0v) is 14.9. The molecule has 2 N–H and O–H groups in total. The Bertz CT molecular complexity index is 883. The van der Waals surface area contributed by atoms with Crippen LogP contribution in [0.1, 0.15) is 24.2 Å². The molecular formula is C17H17F4NO4S. The Morgan fingerprint density at radius 2 is 1.78 bits per heavy atom.